The molecule has 0 fully saturated rings. The summed E-state index contributed by atoms with van der Waals surface area (Å²) < 4.78 is 18.1. The molecule has 0 aliphatic carbocycles. The number of rotatable bonds is 5. The highest BCUT2D eigenvalue weighted by molar-refractivity contribution is 5.85. The second kappa shape index (κ2) is 7.90. The average molecular weight is 312 g/mol. The zero-order chi connectivity index (χ0) is 14.5. The average Bonchev–Trinajstić information content (AvgIpc) is 2.86. The van der Waals surface area contributed by atoms with Crippen LogP contribution >= 0.6 is 12.4 Å². The van der Waals surface area contributed by atoms with E-state index in [2.05, 4.69) is 22.4 Å². The van der Waals surface area contributed by atoms with Crippen LogP contribution in [0.4, 0.5) is 4.39 Å². The Morgan fingerprint density at radius 2 is 2.05 bits per heavy atom. The van der Waals surface area contributed by atoms with E-state index in [1.165, 1.54) is 12.1 Å². The molecular formula is C15H19ClFN3O. The topological polar surface area (TPSA) is 51.0 Å². The molecule has 1 atom stereocenters. The lowest BCUT2D eigenvalue weighted by Crippen LogP contribution is -2.24. The van der Waals surface area contributed by atoms with Gasteiger partial charge in [0.2, 0.25) is 0 Å². The molecule has 0 saturated heterocycles. The highest BCUT2D eigenvalue weighted by Crippen LogP contribution is 2.17. The van der Waals surface area contributed by atoms with Gasteiger partial charge in [-0.05, 0) is 44.2 Å². The van der Waals surface area contributed by atoms with Crippen molar-refractivity contribution in [2.75, 3.05) is 7.05 Å². The predicted octanol–water partition coefficient (Wildman–Crippen LogP) is 3.34. The zero-order valence-electron chi connectivity index (χ0n) is 12.3. The van der Waals surface area contributed by atoms with Gasteiger partial charge in [0.05, 0.1) is 0 Å². The van der Waals surface area contributed by atoms with E-state index in [9.17, 15) is 4.39 Å². The van der Waals surface area contributed by atoms with Crippen LogP contribution in [0.3, 0.4) is 0 Å². The summed E-state index contributed by atoms with van der Waals surface area (Å²) in [5.74, 6) is 0.887. The molecule has 21 heavy (non-hydrogen) atoms. The van der Waals surface area contributed by atoms with E-state index in [1.54, 1.807) is 18.2 Å². The summed E-state index contributed by atoms with van der Waals surface area (Å²) in [4.78, 5) is 4.31. The summed E-state index contributed by atoms with van der Waals surface area (Å²) >= 11 is 0. The van der Waals surface area contributed by atoms with Crippen LogP contribution in [0.1, 0.15) is 31.1 Å². The maximum absolute atomic E-state index is 12.9. The summed E-state index contributed by atoms with van der Waals surface area (Å²) in [5, 5.41) is 7.06. The molecule has 0 aliphatic rings. The Morgan fingerprint density at radius 3 is 2.67 bits per heavy atom. The van der Waals surface area contributed by atoms with Gasteiger partial charge in [-0.2, -0.15) is 4.98 Å². The number of likely N-dealkylation sites (N-methyl/N-ethyl adjacent to an activating group) is 1. The molecule has 1 heterocycles. The Bertz CT molecular complexity index is 595. The van der Waals surface area contributed by atoms with Gasteiger partial charge in [0.15, 0.2) is 5.82 Å². The van der Waals surface area contributed by atoms with E-state index >= 15 is 0 Å². The Hall–Kier alpha value is -1.72. The van der Waals surface area contributed by atoms with Crippen LogP contribution in [0, 0.1) is 5.82 Å². The van der Waals surface area contributed by atoms with Crippen molar-refractivity contribution >= 4 is 24.1 Å². The minimum atomic E-state index is -0.248. The van der Waals surface area contributed by atoms with Crippen LogP contribution < -0.4 is 5.32 Å². The lowest BCUT2D eigenvalue weighted by atomic mass is 10.1. The van der Waals surface area contributed by atoms with E-state index in [0.29, 0.717) is 24.2 Å². The molecule has 0 amide bonds. The number of allylic oxidation sites excluding steroid dienone is 1. The van der Waals surface area contributed by atoms with Gasteiger partial charge >= 0.3 is 0 Å². The summed E-state index contributed by atoms with van der Waals surface area (Å²) in [6, 6.07) is 6.60. The van der Waals surface area contributed by atoms with E-state index in [0.717, 1.165) is 11.1 Å². The normalized spacial score (nSPS) is 12.9. The highest BCUT2D eigenvalue weighted by atomic mass is 35.5. The SMILES string of the molecule is CNC(C)Cc1noc(/C=C(/C)c2ccc(F)cc2)n1.Cl. The van der Waals surface area contributed by atoms with Crippen LogP contribution in [-0.4, -0.2) is 23.2 Å². The molecular weight excluding hydrogens is 293 g/mol. The third-order valence-electron chi connectivity index (χ3n) is 3.10. The monoisotopic (exact) mass is 311 g/mol. The van der Waals surface area contributed by atoms with E-state index < -0.39 is 0 Å². The molecule has 0 radical (unpaired) electrons. The maximum Gasteiger partial charge on any atom is 0.250 e. The summed E-state index contributed by atoms with van der Waals surface area (Å²) in [7, 11) is 1.89. The highest BCUT2D eigenvalue weighted by Gasteiger charge is 2.08. The van der Waals surface area contributed by atoms with Gasteiger partial charge in [0, 0.05) is 18.5 Å². The van der Waals surface area contributed by atoms with Crippen LogP contribution in [-0.2, 0) is 6.42 Å². The van der Waals surface area contributed by atoms with Gasteiger partial charge in [-0.3, -0.25) is 0 Å². The summed E-state index contributed by atoms with van der Waals surface area (Å²) in [6.07, 6.45) is 2.51. The van der Waals surface area contributed by atoms with Crippen molar-refractivity contribution in [2.45, 2.75) is 26.3 Å². The molecule has 2 aromatic rings. The number of nitrogens with zero attached hydrogens (tertiary/aromatic N) is 2. The van der Waals surface area contributed by atoms with Crippen molar-refractivity contribution in [1.82, 2.24) is 15.5 Å². The largest absolute Gasteiger partial charge is 0.335 e. The Labute approximate surface area is 129 Å². The quantitative estimate of drug-likeness (QED) is 0.920. The maximum atomic E-state index is 12.9. The van der Waals surface area contributed by atoms with Crippen LogP contribution in [0.5, 0.6) is 0 Å². The molecule has 1 N–H and O–H groups in total. The number of nitrogens with one attached hydrogen (secondary N) is 1. The van der Waals surface area contributed by atoms with Gasteiger partial charge in [-0.15, -0.1) is 12.4 Å². The first-order valence-corrected chi connectivity index (χ1v) is 6.52. The fraction of sp³-hybridized carbons (Fsp3) is 0.333. The van der Waals surface area contributed by atoms with Gasteiger partial charge in [-0.1, -0.05) is 17.3 Å². The number of halogens is 2. The minimum absolute atomic E-state index is 0. The van der Waals surface area contributed by atoms with Gasteiger partial charge in [-0.25, -0.2) is 4.39 Å². The second-order valence-electron chi connectivity index (χ2n) is 4.78. The van der Waals surface area contributed by atoms with Crippen molar-refractivity contribution in [1.29, 1.82) is 0 Å². The molecule has 0 aliphatic heterocycles. The van der Waals surface area contributed by atoms with E-state index in [4.69, 9.17) is 4.52 Å². The minimum Gasteiger partial charge on any atom is -0.335 e. The molecule has 4 nitrogen and oxygen atoms in total. The third kappa shape index (κ3) is 4.95. The summed E-state index contributed by atoms with van der Waals surface area (Å²) in [6.45, 7) is 3.98. The fourth-order valence-corrected chi connectivity index (χ4v) is 1.77. The number of hydrogen-bond donors (Lipinski definition) is 1. The van der Waals surface area contributed by atoms with Crippen molar-refractivity contribution in [3.63, 3.8) is 0 Å². The Kier molecular flexibility index (Phi) is 6.52. The van der Waals surface area contributed by atoms with E-state index in [1.807, 2.05) is 14.0 Å². The van der Waals surface area contributed by atoms with Crippen molar-refractivity contribution in [3.05, 3.63) is 47.4 Å². The molecule has 1 unspecified atom stereocenters. The lowest BCUT2D eigenvalue weighted by molar-refractivity contribution is 0.400. The molecule has 114 valence electrons. The number of benzene rings is 1. The molecule has 0 bridgehead atoms. The van der Waals surface area contributed by atoms with Crippen LogP contribution in [0.25, 0.3) is 11.6 Å². The van der Waals surface area contributed by atoms with Gasteiger partial charge in [0.25, 0.3) is 5.89 Å². The first-order chi connectivity index (χ1) is 9.58. The number of aromatic nitrogens is 2. The van der Waals surface area contributed by atoms with E-state index in [-0.39, 0.29) is 18.2 Å². The van der Waals surface area contributed by atoms with Crippen LogP contribution in [0.2, 0.25) is 0 Å². The molecule has 0 saturated carbocycles. The fourth-order valence-electron chi connectivity index (χ4n) is 1.77. The molecule has 2 rings (SSSR count). The molecule has 1 aromatic heterocycles. The smallest absolute Gasteiger partial charge is 0.250 e. The first-order valence-electron chi connectivity index (χ1n) is 6.52. The zero-order valence-corrected chi connectivity index (χ0v) is 13.1. The molecule has 0 spiro atoms. The van der Waals surface area contributed by atoms with Gasteiger partial charge in [0.1, 0.15) is 5.82 Å². The summed E-state index contributed by atoms with van der Waals surface area (Å²) in [5.41, 5.74) is 1.87. The first kappa shape index (κ1) is 17.3. The lowest BCUT2D eigenvalue weighted by Gasteiger charge is -2.04. The Balaban J connectivity index is 0.00000220. The van der Waals surface area contributed by atoms with Crippen molar-refractivity contribution in [3.8, 4) is 0 Å². The molecule has 1 aromatic carbocycles. The van der Waals surface area contributed by atoms with Crippen molar-refractivity contribution in [2.24, 2.45) is 0 Å². The number of hydrogen-bond acceptors (Lipinski definition) is 4. The van der Waals surface area contributed by atoms with Gasteiger partial charge < -0.3 is 9.84 Å². The standard InChI is InChI=1S/C15H18FN3O.ClH/c1-10(12-4-6-13(16)7-5-12)8-15-18-14(19-20-15)9-11(2)17-3;/h4-8,11,17H,9H2,1-3H3;1H/b10-8-;. The third-order valence-corrected chi connectivity index (χ3v) is 3.10. The van der Waals surface area contributed by atoms with Crippen molar-refractivity contribution < 1.29 is 8.91 Å². The Morgan fingerprint density at radius 1 is 1.38 bits per heavy atom. The molecule has 6 heteroatoms. The van der Waals surface area contributed by atoms with Crippen LogP contribution in [0.15, 0.2) is 28.8 Å². The predicted molar refractivity (Wildman–Crippen MR) is 83.7 cm³/mol. The second-order valence-corrected chi connectivity index (χ2v) is 4.78.